The molecule has 11 aromatic rings. The summed E-state index contributed by atoms with van der Waals surface area (Å²) in [6.45, 7) is 20.0. The first kappa shape index (κ1) is 29.6. The predicted octanol–water partition coefficient (Wildman–Crippen LogP) is 17.6. The van der Waals surface area contributed by atoms with Crippen LogP contribution in [0.25, 0.3) is 78.5 Å². The van der Waals surface area contributed by atoms with Gasteiger partial charge in [-0.2, -0.15) is 0 Å². The van der Waals surface area contributed by atoms with Crippen molar-refractivity contribution in [3.05, 3.63) is 93.0 Å². The van der Waals surface area contributed by atoms with Gasteiger partial charge in [-0.05, 0) is 148 Å². The van der Waals surface area contributed by atoms with Crippen LogP contribution < -0.4 is 0 Å². The van der Waals surface area contributed by atoms with Crippen LogP contribution in [0.15, 0.2) is 48.5 Å². The number of hydrogen-bond acceptors (Lipinski definition) is 4. The Hall–Kier alpha value is -2.08. The summed E-state index contributed by atoms with van der Waals surface area (Å²) in [5, 5.41) is 13.9. The molecule has 0 aliphatic heterocycles. The Balaban J connectivity index is 1.70. The van der Waals surface area contributed by atoms with Crippen LogP contribution in [0.4, 0.5) is 0 Å². The van der Waals surface area contributed by atoms with Gasteiger partial charge in [0.1, 0.15) is 0 Å². The summed E-state index contributed by atoms with van der Waals surface area (Å²) in [5.41, 5.74) is 12.6. The SMILES string of the molecule is Cc1c(C)c2c3c(C)c(C)c4c5ccc(s5)c5ccc(s5)c5c(C)c(C)c(c6c(C)c(C)c7c8ccc(s8)c8ccc(s8)c1p2p76)p5p43. The smallest absolute Gasteiger partial charge is 0.0449 e. The van der Waals surface area contributed by atoms with Crippen molar-refractivity contribution in [1.29, 1.82) is 0 Å². The van der Waals surface area contributed by atoms with Gasteiger partial charge < -0.3 is 0 Å². The lowest BCUT2D eigenvalue weighted by Crippen LogP contribution is -1.74. The molecule has 11 aromatic heterocycles. The van der Waals surface area contributed by atoms with Crippen molar-refractivity contribution in [3.63, 3.8) is 0 Å². The number of hydrogen-bond donors (Lipinski definition) is 0. The van der Waals surface area contributed by atoms with Crippen LogP contribution in [0.2, 0.25) is 0 Å². The number of thiophene rings is 4. The number of aryl methyl sites for hydroxylation is 8. The molecule has 0 aliphatic carbocycles. The highest BCUT2D eigenvalue weighted by Crippen LogP contribution is 2.74. The minimum Gasteiger partial charge on any atom is -0.134 e. The zero-order valence-corrected chi connectivity index (χ0v) is 34.9. The monoisotopic (exact) mass is 764 g/mol. The Morgan fingerprint density at radius 1 is 0.250 bits per heavy atom. The van der Waals surface area contributed by atoms with Gasteiger partial charge in [0.15, 0.2) is 0 Å². The fourth-order valence-electron chi connectivity index (χ4n) is 8.60. The maximum Gasteiger partial charge on any atom is 0.0449 e. The second-order valence-corrected chi connectivity index (χ2v) is 28.9. The molecule has 0 aromatic carbocycles. The summed E-state index contributed by atoms with van der Waals surface area (Å²) in [4.78, 5) is 0. The van der Waals surface area contributed by atoms with Crippen LogP contribution in [-0.2, 0) is 0 Å². The second kappa shape index (κ2) is 9.82. The van der Waals surface area contributed by atoms with Gasteiger partial charge in [-0.25, -0.2) is 0 Å². The first-order valence-corrected chi connectivity index (χ1v) is 26.5. The van der Waals surface area contributed by atoms with E-state index in [4.69, 9.17) is 0 Å². The van der Waals surface area contributed by atoms with E-state index in [0.717, 1.165) is 0 Å². The van der Waals surface area contributed by atoms with E-state index in [1.54, 1.807) is 85.5 Å². The van der Waals surface area contributed by atoms with Gasteiger partial charge in [0.05, 0.1) is 0 Å². The Kier molecular flexibility index (Phi) is 6.06. The molecule has 48 heavy (non-hydrogen) atoms. The fraction of sp³-hybridized carbons (Fsp3) is 0.200. The standard InChI is InChI=1S/C40H32P4S4/c1-17-21(5)37-38-22(6)18(2)35-31-15-11-27(47-31)28-12-16-32(48-28)36-20(4)24(8)40(44(36)43(35)38)39-23(7)19(3)34-30-14-10-26(46-30)25-9-13-29(45-25)33(17)41(37)42(34)39/h9-16H,1-8H3. The normalized spacial score (nSPS) is 14.5. The van der Waals surface area contributed by atoms with E-state index in [-0.39, 0.29) is 0 Å². The lowest BCUT2D eigenvalue weighted by atomic mass is 10.1. The lowest BCUT2D eigenvalue weighted by Gasteiger charge is -2.08. The fourth-order valence-corrected chi connectivity index (χ4v) is 37.3. The van der Waals surface area contributed by atoms with E-state index in [9.17, 15) is 0 Å². The zero-order valence-electron chi connectivity index (χ0n) is 28.0. The van der Waals surface area contributed by atoms with E-state index in [1.807, 2.05) is 0 Å². The van der Waals surface area contributed by atoms with Crippen LogP contribution in [0.3, 0.4) is 0 Å². The van der Waals surface area contributed by atoms with Gasteiger partial charge in [-0.1, -0.05) is 28.1 Å². The molecule has 8 heteroatoms. The third-order valence-corrected chi connectivity index (χ3v) is 33.2. The first-order chi connectivity index (χ1) is 23.2. The molecule has 236 valence electrons. The maximum absolute atomic E-state index is 2.51. The molecule has 0 saturated carbocycles. The summed E-state index contributed by atoms with van der Waals surface area (Å²) in [6, 6.07) is 19.6. The van der Waals surface area contributed by atoms with E-state index in [2.05, 4.69) is 149 Å². The average molecular weight is 765 g/mol. The van der Waals surface area contributed by atoms with Gasteiger partial charge in [0.25, 0.3) is 0 Å². The van der Waals surface area contributed by atoms with Crippen molar-refractivity contribution in [2.45, 2.75) is 55.4 Å². The molecular weight excluding hydrogens is 733 g/mol. The maximum atomic E-state index is 2.51. The molecule has 0 fully saturated rings. The van der Waals surface area contributed by atoms with Crippen LogP contribution in [0, 0.1) is 55.4 Å². The summed E-state index contributed by atoms with van der Waals surface area (Å²) >= 11 is 8.20. The quantitative estimate of drug-likeness (QED) is 0.144. The van der Waals surface area contributed by atoms with Gasteiger partial charge in [-0.3, -0.25) is 0 Å². The number of rotatable bonds is 0. The van der Waals surface area contributed by atoms with Crippen molar-refractivity contribution >= 4 is 152 Å². The van der Waals surface area contributed by atoms with Gasteiger partial charge in [-0.15, -0.1) is 45.3 Å². The first-order valence-electron chi connectivity index (χ1n) is 16.5. The van der Waals surface area contributed by atoms with Crippen molar-refractivity contribution in [2.75, 3.05) is 0 Å². The van der Waals surface area contributed by atoms with Gasteiger partial charge >= 0.3 is 0 Å². The number of fused-ring (bicyclic) bond motifs is 16. The molecular formula is C40H32P4S4. The average Bonchev–Trinajstić information content (AvgIpc) is 3.91. The zero-order chi connectivity index (χ0) is 32.7. The summed E-state index contributed by atoms with van der Waals surface area (Å²) in [6.07, 6.45) is 0. The minimum atomic E-state index is -0.611. The van der Waals surface area contributed by atoms with E-state index >= 15 is 0 Å². The molecule has 11 rings (SSSR count). The molecule has 0 aliphatic rings. The molecule has 11 heterocycles. The van der Waals surface area contributed by atoms with Crippen LogP contribution in [0.1, 0.15) is 44.5 Å². The molecule has 4 unspecified atom stereocenters. The van der Waals surface area contributed by atoms with E-state index in [1.165, 1.54) is 37.6 Å². The molecule has 0 saturated heterocycles. The molecule has 8 bridgehead atoms. The lowest BCUT2D eigenvalue weighted by molar-refractivity contribution is 1.44. The Bertz CT molecular complexity index is 2870. The van der Waals surface area contributed by atoms with Gasteiger partial charge in [0.2, 0.25) is 0 Å². The van der Waals surface area contributed by atoms with Crippen LogP contribution >= 0.6 is 73.4 Å². The summed E-state index contributed by atoms with van der Waals surface area (Å²) in [5.74, 6) is 0. The topological polar surface area (TPSA) is 0 Å². The van der Waals surface area contributed by atoms with E-state index in [0.29, 0.717) is 0 Å². The van der Waals surface area contributed by atoms with Crippen LogP contribution in [0.5, 0.6) is 0 Å². The highest BCUT2D eigenvalue weighted by atomic mass is 32.1. The largest absolute Gasteiger partial charge is 0.134 e. The highest BCUT2D eigenvalue weighted by molar-refractivity contribution is 8.18. The van der Waals surface area contributed by atoms with Crippen molar-refractivity contribution in [3.8, 4) is 0 Å². The Labute approximate surface area is 298 Å². The molecule has 4 atom stereocenters. The third kappa shape index (κ3) is 3.42. The summed E-state index contributed by atoms with van der Waals surface area (Å²) in [7, 11) is -2.44. The van der Waals surface area contributed by atoms with Crippen molar-refractivity contribution in [2.24, 2.45) is 0 Å². The van der Waals surface area contributed by atoms with Crippen molar-refractivity contribution < 1.29 is 0 Å². The second-order valence-electron chi connectivity index (χ2n) is 13.7. The van der Waals surface area contributed by atoms with Gasteiger partial charge in [0, 0.05) is 78.5 Å². The van der Waals surface area contributed by atoms with Crippen LogP contribution in [-0.4, -0.2) is 0 Å². The molecule has 0 N–H and O–H groups in total. The summed E-state index contributed by atoms with van der Waals surface area (Å²) < 4.78 is 11.8. The highest BCUT2D eigenvalue weighted by Gasteiger charge is 2.28. The van der Waals surface area contributed by atoms with Crippen molar-refractivity contribution in [1.82, 2.24) is 0 Å². The minimum absolute atomic E-state index is 0.611. The Morgan fingerprint density at radius 3 is 0.625 bits per heavy atom. The predicted molar refractivity (Wildman–Crippen MR) is 232 cm³/mol. The molecule has 0 amide bonds. The Morgan fingerprint density at radius 2 is 0.417 bits per heavy atom. The third-order valence-electron chi connectivity index (χ3n) is 11.5. The molecule has 0 nitrogen and oxygen atoms in total. The molecule has 0 spiro atoms. The van der Waals surface area contributed by atoms with E-state index < -0.39 is 28.1 Å². The molecule has 0 radical (unpaired) electrons.